The van der Waals surface area contributed by atoms with Gasteiger partial charge < -0.3 is 0 Å². The summed E-state index contributed by atoms with van der Waals surface area (Å²) in [6, 6.07) is 5.50. The fourth-order valence-corrected chi connectivity index (χ4v) is 2.84. The number of hydrogen-bond donors (Lipinski definition) is 0. The summed E-state index contributed by atoms with van der Waals surface area (Å²) < 4.78 is 21.7. The normalized spacial score (nSPS) is 11.2. The standard InChI is InChI=1S/C7H7NO4S2/c1-14(11,12)13-7-4-2-3-6(5-7)8(9)10/h2-5H,1H3. The molecule has 7 heteroatoms. The van der Waals surface area contributed by atoms with E-state index >= 15 is 0 Å². The second kappa shape index (κ2) is 3.97. The van der Waals surface area contributed by atoms with Crippen LogP contribution in [0.3, 0.4) is 0 Å². The molecule has 0 fully saturated rings. The molecule has 14 heavy (non-hydrogen) atoms. The van der Waals surface area contributed by atoms with Crippen molar-refractivity contribution in [2.75, 3.05) is 6.26 Å². The highest BCUT2D eigenvalue weighted by molar-refractivity contribution is 8.71. The minimum Gasteiger partial charge on any atom is -0.258 e. The lowest BCUT2D eigenvalue weighted by molar-refractivity contribution is -0.385. The van der Waals surface area contributed by atoms with Gasteiger partial charge in [0.05, 0.1) is 4.92 Å². The number of hydrogen-bond acceptors (Lipinski definition) is 5. The summed E-state index contributed by atoms with van der Waals surface area (Å²) >= 11 is 0. The molecule has 0 saturated heterocycles. The van der Waals surface area contributed by atoms with Crippen LogP contribution >= 0.6 is 10.8 Å². The minimum absolute atomic E-state index is 0.112. The van der Waals surface area contributed by atoms with E-state index in [1.165, 1.54) is 24.3 Å². The summed E-state index contributed by atoms with van der Waals surface area (Å²) in [6.45, 7) is 0. The largest absolute Gasteiger partial charge is 0.270 e. The Morgan fingerprint density at radius 2 is 2.07 bits per heavy atom. The highest BCUT2D eigenvalue weighted by atomic mass is 33.1. The lowest BCUT2D eigenvalue weighted by Gasteiger charge is -1.97. The molecule has 0 heterocycles. The summed E-state index contributed by atoms with van der Waals surface area (Å²) in [6.07, 6.45) is 1.05. The smallest absolute Gasteiger partial charge is 0.258 e. The molecule has 0 aliphatic heterocycles. The Labute approximate surface area is 84.6 Å². The maximum atomic E-state index is 10.9. The number of nitrogens with zero attached hydrogens (tertiary/aromatic N) is 1. The molecule has 1 aromatic rings. The van der Waals surface area contributed by atoms with E-state index in [0.29, 0.717) is 15.7 Å². The van der Waals surface area contributed by atoms with Crippen molar-refractivity contribution in [3.63, 3.8) is 0 Å². The Kier molecular flexibility index (Phi) is 3.12. The second-order valence-electron chi connectivity index (χ2n) is 2.54. The Morgan fingerprint density at radius 1 is 1.43 bits per heavy atom. The molecule has 0 saturated carbocycles. The summed E-state index contributed by atoms with van der Waals surface area (Å²) in [4.78, 5) is 10.2. The fraction of sp³-hybridized carbons (Fsp3) is 0.143. The van der Waals surface area contributed by atoms with Crippen molar-refractivity contribution in [1.29, 1.82) is 0 Å². The monoisotopic (exact) mass is 233 g/mol. The molecule has 0 aromatic heterocycles. The van der Waals surface area contributed by atoms with E-state index in [1.54, 1.807) is 0 Å². The van der Waals surface area contributed by atoms with Crippen LogP contribution in [-0.2, 0) is 8.87 Å². The third kappa shape index (κ3) is 3.35. The molecule has 1 aromatic carbocycles. The molecule has 0 amide bonds. The zero-order chi connectivity index (χ0) is 10.8. The zero-order valence-electron chi connectivity index (χ0n) is 7.21. The van der Waals surface area contributed by atoms with Gasteiger partial charge in [0, 0.05) is 34.1 Å². The minimum atomic E-state index is -3.23. The van der Waals surface area contributed by atoms with Crippen molar-refractivity contribution >= 4 is 25.4 Å². The third-order valence-electron chi connectivity index (χ3n) is 1.28. The molecule has 0 atom stereocenters. The van der Waals surface area contributed by atoms with Crippen LogP contribution in [0.25, 0.3) is 0 Å². The summed E-state index contributed by atoms with van der Waals surface area (Å²) in [5.41, 5.74) is -0.112. The molecule has 0 unspecified atom stereocenters. The van der Waals surface area contributed by atoms with Gasteiger partial charge in [-0.2, -0.15) is 0 Å². The van der Waals surface area contributed by atoms with Crippen LogP contribution in [0.4, 0.5) is 5.69 Å². The van der Waals surface area contributed by atoms with Crippen molar-refractivity contribution in [2.24, 2.45) is 0 Å². The van der Waals surface area contributed by atoms with Gasteiger partial charge in [0.2, 0.25) is 8.87 Å². The van der Waals surface area contributed by atoms with Gasteiger partial charge in [0.1, 0.15) is 0 Å². The van der Waals surface area contributed by atoms with Crippen LogP contribution < -0.4 is 0 Å². The van der Waals surface area contributed by atoms with Crippen molar-refractivity contribution in [3.8, 4) is 0 Å². The molecule has 5 nitrogen and oxygen atoms in total. The van der Waals surface area contributed by atoms with Crippen molar-refractivity contribution in [1.82, 2.24) is 0 Å². The van der Waals surface area contributed by atoms with Crippen LogP contribution in [0.15, 0.2) is 29.2 Å². The summed E-state index contributed by atoms with van der Waals surface area (Å²) in [5, 5.41) is 10.4. The lowest BCUT2D eigenvalue weighted by Crippen LogP contribution is -1.90. The lowest BCUT2D eigenvalue weighted by atomic mass is 10.3. The first-order valence-electron chi connectivity index (χ1n) is 3.52. The van der Waals surface area contributed by atoms with Crippen LogP contribution in [0.2, 0.25) is 0 Å². The molecular formula is C7H7NO4S2. The van der Waals surface area contributed by atoms with E-state index in [-0.39, 0.29) is 5.69 Å². The van der Waals surface area contributed by atoms with E-state index in [0.717, 1.165) is 6.26 Å². The third-order valence-corrected chi connectivity index (χ3v) is 3.51. The predicted molar refractivity (Wildman–Crippen MR) is 53.8 cm³/mol. The van der Waals surface area contributed by atoms with Gasteiger partial charge in [0.25, 0.3) is 5.69 Å². The summed E-state index contributed by atoms with van der Waals surface area (Å²) in [5.74, 6) is 0. The molecule has 1 rings (SSSR count). The quantitative estimate of drug-likeness (QED) is 0.450. The topological polar surface area (TPSA) is 77.3 Å². The van der Waals surface area contributed by atoms with Crippen molar-refractivity contribution in [2.45, 2.75) is 4.90 Å². The second-order valence-corrected chi connectivity index (χ2v) is 6.90. The molecule has 76 valence electrons. The van der Waals surface area contributed by atoms with Crippen molar-refractivity contribution in [3.05, 3.63) is 34.4 Å². The molecular weight excluding hydrogens is 226 g/mol. The van der Waals surface area contributed by atoms with Crippen LogP contribution in [0.1, 0.15) is 0 Å². The number of benzene rings is 1. The van der Waals surface area contributed by atoms with Gasteiger partial charge in [-0.15, -0.1) is 0 Å². The number of non-ortho nitro benzene ring substituents is 1. The van der Waals surface area contributed by atoms with Gasteiger partial charge in [-0.3, -0.25) is 10.1 Å². The highest BCUT2D eigenvalue weighted by Gasteiger charge is 2.10. The maximum Gasteiger partial charge on any atom is 0.270 e. The number of nitro groups is 1. The van der Waals surface area contributed by atoms with Gasteiger partial charge in [0.15, 0.2) is 0 Å². The molecule has 0 bridgehead atoms. The Morgan fingerprint density at radius 3 is 2.57 bits per heavy atom. The number of nitro benzene ring substituents is 1. The Bertz CT molecular complexity index is 455. The van der Waals surface area contributed by atoms with Crippen LogP contribution in [0.5, 0.6) is 0 Å². The van der Waals surface area contributed by atoms with Gasteiger partial charge in [-0.1, -0.05) is 6.07 Å². The fourth-order valence-electron chi connectivity index (χ4n) is 0.824. The first-order chi connectivity index (χ1) is 6.38. The van der Waals surface area contributed by atoms with Gasteiger partial charge in [-0.05, 0) is 6.07 Å². The molecule has 0 aliphatic rings. The van der Waals surface area contributed by atoms with E-state index < -0.39 is 13.8 Å². The average molecular weight is 233 g/mol. The SMILES string of the molecule is CS(=O)(=O)Sc1cccc([N+](=O)[O-])c1. The summed E-state index contributed by atoms with van der Waals surface area (Å²) in [7, 11) is -2.63. The first-order valence-corrected chi connectivity index (χ1v) is 6.75. The highest BCUT2D eigenvalue weighted by Crippen LogP contribution is 2.26. The number of rotatable bonds is 3. The van der Waals surface area contributed by atoms with E-state index in [2.05, 4.69) is 0 Å². The Hall–Kier alpha value is -1.08. The average Bonchev–Trinajstić information content (AvgIpc) is 2.01. The van der Waals surface area contributed by atoms with Crippen LogP contribution in [0, 0.1) is 10.1 Å². The molecule has 0 spiro atoms. The maximum absolute atomic E-state index is 10.9. The molecule has 0 radical (unpaired) electrons. The van der Waals surface area contributed by atoms with Gasteiger partial charge >= 0.3 is 0 Å². The zero-order valence-corrected chi connectivity index (χ0v) is 8.84. The van der Waals surface area contributed by atoms with E-state index in [4.69, 9.17) is 0 Å². The predicted octanol–water partition coefficient (Wildman–Crippen LogP) is 1.65. The van der Waals surface area contributed by atoms with Crippen molar-refractivity contribution < 1.29 is 13.3 Å². The Balaban J connectivity index is 3.01. The van der Waals surface area contributed by atoms with Gasteiger partial charge in [-0.25, -0.2) is 8.42 Å². The van der Waals surface area contributed by atoms with Crippen LogP contribution in [-0.4, -0.2) is 19.6 Å². The molecule has 0 aliphatic carbocycles. The first kappa shape index (κ1) is 11.0. The van der Waals surface area contributed by atoms with E-state index in [1.807, 2.05) is 0 Å². The van der Waals surface area contributed by atoms with E-state index in [9.17, 15) is 18.5 Å². The molecule has 0 N–H and O–H groups in total.